The molecule has 0 unspecified atom stereocenters. The zero-order valence-electron chi connectivity index (χ0n) is 11.8. The van der Waals surface area contributed by atoms with Gasteiger partial charge in [0, 0.05) is 42.6 Å². The van der Waals surface area contributed by atoms with Gasteiger partial charge in [0.25, 0.3) is 0 Å². The highest BCUT2D eigenvalue weighted by molar-refractivity contribution is 7.10. The molecule has 7 heteroatoms. The van der Waals surface area contributed by atoms with Crippen LogP contribution in [0.2, 0.25) is 0 Å². The number of anilines is 1. The third-order valence-electron chi connectivity index (χ3n) is 4.14. The second-order valence-corrected chi connectivity index (χ2v) is 7.34. The lowest BCUT2D eigenvalue weighted by molar-refractivity contribution is -0.137. The van der Waals surface area contributed by atoms with E-state index in [1.165, 1.54) is 22.0 Å². The molecular weight excluding hydrogens is 304 g/mol. The molecule has 0 aromatic carbocycles. The van der Waals surface area contributed by atoms with Crippen molar-refractivity contribution in [2.75, 3.05) is 24.5 Å². The summed E-state index contributed by atoms with van der Waals surface area (Å²) in [6.07, 6.45) is 1.00. The number of carbonyl (C=O) groups is 1. The number of amides is 1. The molecule has 2 aliphatic rings. The van der Waals surface area contributed by atoms with Gasteiger partial charge in [-0.2, -0.15) is 4.37 Å². The molecule has 1 fully saturated rings. The lowest BCUT2D eigenvalue weighted by Crippen LogP contribution is -2.55. The Morgan fingerprint density at radius 2 is 2.29 bits per heavy atom. The zero-order valence-corrected chi connectivity index (χ0v) is 13.4. The molecule has 21 heavy (non-hydrogen) atoms. The Hall–Kier alpha value is -1.47. The van der Waals surface area contributed by atoms with Gasteiger partial charge in [0.05, 0.1) is 5.92 Å². The van der Waals surface area contributed by atoms with E-state index >= 15 is 0 Å². The lowest BCUT2D eigenvalue weighted by atomic mass is 9.97. The summed E-state index contributed by atoms with van der Waals surface area (Å²) in [6, 6.07) is 2.15. The number of rotatable bonds is 2. The van der Waals surface area contributed by atoms with Crippen molar-refractivity contribution in [3.05, 3.63) is 27.7 Å². The van der Waals surface area contributed by atoms with E-state index < -0.39 is 0 Å². The first-order valence-corrected chi connectivity index (χ1v) is 8.75. The Morgan fingerprint density at radius 1 is 1.43 bits per heavy atom. The van der Waals surface area contributed by atoms with E-state index in [0.29, 0.717) is 5.91 Å². The minimum atomic E-state index is 0.120. The van der Waals surface area contributed by atoms with Crippen LogP contribution < -0.4 is 4.90 Å². The molecule has 1 saturated heterocycles. The van der Waals surface area contributed by atoms with Crippen molar-refractivity contribution in [1.29, 1.82) is 0 Å². The zero-order chi connectivity index (χ0) is 14.4. The van der Waals surface area contributed by atoms with Gasteiger partial charge >= 0.3 is 0 Å². The average Bonchev–Trinajstić information content (AvgIpc) is 3.05. The van der Waals surface area contributed by atoms with Crippen LogP contribution in [-0.4, -0.2) is 39.8 Å². The van der Waals surface area contributed by atoms with Gasteiger partial charge in [0.15, 0.2) is 0 Å². The van der Waals surface area contributed by atoms with E-state index in [9.17, 15) is 4.79 Å². The summed E-state index contributed by atoms with van der Waals surface area (Å²) < 4.78 is 4.19. The fourth-order valence-corrected chi connectivity index (χ4v) is 4.48. The van der Waals surface area contributed by atoms with Crippen LogP contribution in [0.1, 0.15) is 16.3 Å². The number of nitrogens with zero attached hydrogens (tertiary/aromatic N) is 4. The maximum Gasteiger partial charge on any atom is 0.229 e. The average molecular weight is 320 g/mol. The molecule has 2 aromatic heterocycles. The Labute approximate surface area is 131 Å². The normalized spacial score (nSPS) is 18.5. The summed E-state index contributed by atoms with van der Waals surface area (Å²) in [6.45, 7) is 5.10. The summed E-state index contributed by atoms with van der Waals surface area (Å²) in [5.41, 5.74) is 1.33. The van der Waals surface area contributed by atoms with Crippen LogP contribution in [-0.2, 0) is 17.8 Å². The summed E-state index contributed by atoms with van der Waals surface area (Å²) in [5.74, 6) is 1.23. The summed E-state index contributed by atoms with van der Waals surface area (Å²) in [4.78, 5) is 22.5. The minimum Gasteiger partial charge on any atom is -0.345 e. The molecule has 0 aliphatic carbocycles. The van der Waals surface area contributed by atoms with Crippen molar-refractivity contribution < 1.29 is 4.79 Å². The topological polar surface area (TPSA) is 49.3 Å². The van der Waals surface area contributed by atoms with Crippen LogP contribution in [0, 0.1) is 12.8 Å². The highest BCUT2D eigenvalue weighted by Crippen LogP contribution is 2.30. The number of thiophene rings is 1. The largest absolute Gasteiger partial charge is 0.345 e. The van der Waals surface area contributed by atoms with Gasteiger partial charge in [-0.05, 0) is 30.4 Å². The van der Waals surface area contributed by atoms with Gasteiger partial charge in [-0.15, -0.1) is 11.3 Å². The molecule has 0 radical (unpaired) electrons. The monoisotopic (exact) mass is 320 g/mol. The highest BCUT2D eigenvalue weighted by Gasteiger charge is 2.37. The molecule has 110 valence electrons. The Bertz CT molecular complexity index is 674. The number of aryl methyl sites for hydroxylation is 1. The molecular formula is C14H16N4OS2. The van der Waals surface area contributed by atoms with Crippen molar-refractivity contribution in [2.45, 2.75) is 19.9 Å². The van der Waals surface area contributed by atoms with Crippen molar-refractivity contribution in [1.82, 2.24) is 14.3 Å². The number of aromatic nitrogens is 2. The summed E-state index contributed by atoms with van der Waals surface area (Å²) in [7, 11) is 0. The quantitative estimate of drug-likeness (QED) is 0.848. The van der Waals surface area contributed by atoms with Crippen LogP contribution in [0.3, 0.4) is 0 Å². The van der Waals surface area contributed by atoms with Gasteiger partial charge in [0.1, 0.15) is 5.82 Å². The van der Waals surface area contributed by atoms with Gasteiger partial charge in [-0.25, -0.2) is 4.98 Å². The van der Waals surface area contributed by atoms with Gasteiger partial charge in [0.2, 0.25) is 11.0 Å². The maximum atomic E-state index is 12.6. The third-order valence-corrected chi connectivity index (χ3v) is 6.03. The first kappa shape index (κ1) is 13.2. The Kier molecular flexibility index (Phi) is 3.19. The van der Waals surface area contributed by atoms with Crippen LogP contribution in [0.4, 0.5) is 5.13 Å². The van der Waals surface area contributed by atoms with Crippen LogP contribution in [0.5, 0.6) is 0 Å². The predicted octanol–water partition coefficient (Wildman–Crippen LogP) is 1.93. The third kappa shape index (κ3) is 2.34. The van der Waals surface area contributed by atoms with Crippen molar-refractivity contribution in [3.63, 3.8) is 0 Å². The van der Waals surface area contributed by atoms with Gasteiger partial charge in [-0.1, -0.05) is 0 Å². The molecule has 0 saturated carbocycles. The standard InChI is InChI=1S/C14H16N4OS2/c1-9-15-14(21-16-9)18-7-11(8-18)13(19)17-4-2-12-10(6-17)3-5-20-12/h3,5,11H,2,4,6-8H2,1H3. The SMILES string of the molecule is Cc1nsc(N2CC(C(=O)N3CCc4sccc4C3)C2)n1. The summed E-state index contributed by atoms with van der Waals surface area (Å²) in [5, 5.41) is 3.07. The molecule has 2 aliphatic heterocycles. The van der Waals surface area contributed by atoms with Crippen molar-refractivity contribution >= 4 is 33.9 Å². The van der Waals surface area contributed by atoms with E-state index in [1.807, 2.05) is 23.2 Å². The number of hydrogen-bond donors (Lipinski definition) is 0. The van der Waals surface area contributed by atoms with Crippen molar-refractivity contribution in [2.24, 2.45) is 5.92 Å². The first-order chi connectivity index (χ1) is 10.2. The van der Waals surface area contributed by atoms with E-state index in [2.05, 4.69) is 25.7 Å². The Balaban J connectivity index is 1.37. The Morgan fingerprint density at radius 3 is 3.05 bits per heavy atom. The molecule has 0 atom stereocenters. The van der Waals surface area contributed by atoms with Gasteiger partial charge < -0.3 is 9.80 Å². The number of fused-ring (bicyclic) bond motifs is 1. The highest BCUT2D eigenvalue weighted by atomic mass is 32.1. The molecule has 0 N–H and O–H groups in total. The van der Waals surface area contributed by atoms with E-state index in [0.717, 1.165) is 43.6 Å². The number of carbonyl (C=O) groups excluding carboxylic acids is 1. The fraction of sp³-hybridized carbons (Fsp3) is 0.500. The van der Waals surface area contributed by atoms with Crippen LogP contribution in [0.15, 0.2) is 11.4 Å². The predicted molar refractivity (Wildman–Crippen MR) is 83.8 cm³/mol. The summed E-state index contributed by atoms with van der Waals surface area (Å²) >= 11 is 3.22. The van der Waals surface area contributed by atoms with Crippen molar-refractivity contribution in [3.8, 4) is 0 Å². The molecule has 5 nitrogen and oxygen atoms in total. The van der Waals surface area contributed by atoms with Crippen LogP contribution >= 0.6 is 22.9 Å². The van der Waals surface area contributed by atoms with Gasteiger partial charge in [-0.3, -0.25) is 4.79 Å². The van der Waals surface area contributed by atoms with Crippen LogP contribution in [0.25, 0.3) is 0 Å². The molecule has 0 spiro atoms. The molecule has 4 rings (SSSR count). The molecule has 2 aromatic rings. The van der Waals surface area contributed by atoms with E-state index in [-0.39, 0.29) is 5.92 Å². The van der Waals surface area contributed by atoms with E-state index in [1.54, 1.807) is 0 Å². The first-order valence-electron chi connectivity index (χ1n) is 7.10. The lowest BCUT2D eigenvalue weighted by Gasteiger charge is -2.41. The molecule has 1 amide bonds. The second kappa shape index (κ2) is 5.06. The molecule has 4 heterocycles. The fourth-order valence-electron chi connectivity index (χ4n) is 2.90. The number of hydrogen-bond acceptors (Lipinski definition) is 6. The smallest absolute Gasteiger partial charge is 0.229 e. The maximum absolute atomic E-state index is 12.6. The molecule has 0 bridgehead atoms. The second-order valence-electron chi connectivity index (χ2n) is 5.60. The minimum absolute atomic E-state index is 0.120. The van der Waals surface area contributed by atoms with E-state index in [4.69, 9.17) is 0 Å².